The molecule has 2 amide bonds. The summed E-state index contributed by atoms with van der Waals surface area (Å²) >= 11 is 0. The van der Waals surface area contributed by atoms with Crippen LogP contribution in [0.4, 0.5) is 0 Å². The molecule has 1 unspecified atom stereocenters. The molecule has 2 aromatic carbocycles. The van der Waals surface area contributed by atoms with Crippen molar-refractivity contribution in [2.75, 3.05) is 6.54 Å². The van der Waals surface area contributed by atoms with Crippen LogP contribution in [0.1, 0.15) is 163 Å². The predicted octanol–water partition coefficient (Wildman–Crippen LogP) is 8.23. The minimum absolute atomic E-state index is 0.0170. The van der Waals surface area contributed by atoms with Crippen molar-refractivity contribution in [2.45, 2.75) is 175 Å². The molecule has 2 aromatic rings. The van der Waals surface area contributed by atoms with Crippen molar-refractivity contribution in [3.05, 3.63) is 92.1 Å². The van der Waals surface area contributed by atoms with Gasteiger partial charge >= 0.3 is 16.3 Å². The molecule has 4 aliphatic rings. The Balaban J connectivity index is 1.15. The van der Waals surface area contributed by atoms with Crippen molar-refractivity contribution in [2.24, 2.45) is 5.14 Å². The number of carbonyl (C=O) groups excluding carboxylic acids is 2. The number of nitrogens with zero attached hydrogens (tertiary/aromatic N) is 2. The molecular formula is C51H69N3O12S. The minimum atomic E-state index is -4.44. The van der Waals surface area contributed by atoms with E-state index >= 15 is 0 Å². The van der Waals surface area contributed by atoms with Crippen LogP contribution in [0, 0.1) is 0 Å². The summed E-state index contributed by atoms with van der Waals surface area (Å²) in [5.74, 6) is -2.12. The van der Waals surface area contributed by atoms with Gasteiger partial charge in [0.1, 0.15) is 46.3 Å². The lowest BCUT2D eigenvalue weighted by Gasteiger charge is -2.42. The molecule has 67 heavy (non-hydrogen) atoms. The Kier molecular flexibility index (Phi) is 15.8. The molecule has 366 valence electrons. The number of benzene rings is 2. The van der Waals surface area contributed by atoms with E-state index in [0.29, 0.717) is 48.1 Å². The Morgan fingerprint density at radius 2 is 1.30 bits per heavy atom. The van der Waals surface area contributed by atoms with Crippen LogP contribution in [0.25, 0.3) is 0 Å². The average Bonchev–Trinajstić information content (AvgIpc) is 3.71. The molecule has 5 atom stereocenters. The number of aromatic hydroxyl groups is 2. The first-order valence-corrected chi connectivity index (χ1v) is 24.8. The van der Waals surface area contributed by atoms with Gasteiger partial charge in [-0.05, 0) is 132 Å². The number of rotatable bonds is 20. The summed E-state index contributed by atoms with van der Waals surface area (Å²) in [7, 11) is -4.44. The topological polar surface area (TPSA) is 226 Å². The average molecular weight is 948 g/mol. The summed E-state index contributed by atoms with van der Waals surface area (Å²) < 4.78 is 43.0. The number of phenols is 2. The molecule has 6 rings (SSSR count). The first-order chi connectivity index (χ1) is 31.4. The Labute approximate surface area is 395 Å². The lowest BCUT2D eigenvalue weighted by atomic mass is 9.84. The van der Waals surface area contributed by atoms with Gasteiger partial charge in [-0.2, -0.15) is 8.42 Å². The Morgan fingerprint density at radius 3 is 1.84 bits per heavy atom. The number of amides is 2. The van der Waals surface area contributed by atoms with E-state index in [9.17, 15) is 43.2 Å². The lowest BCUT2D eigenvalue weighted by molar-refractivity contribution is -0.142. The second kappa shape index (κ2) is 20.6. The molecule has 0 aromatic heterocycles. The summed E-state index contributed by atoms with van der Waals surface area (Å²) in [4.78, 5) is 43.5. The first-order valence-electron chi connectivity index (χ1n) is 23.3. The Morgan fingerprint density at radius 1 is 0.791 bits per heavy atom. The zero-order chi connectivity index (χ0) is 49.2. The number of aliphatic hydroxyl groups is 1. The number of aliphatic carboxylic acids is 1. The molecule has 0 bridgehead atoms. The minimum Gasteiger partial charge on any atom is -0.508 e. The summed E-state index contributed by atoms with van der Waals surface area (Å²) in [6, 6.07) is 1.35. The van der Waals surface area contributed by atoms with Gasteiger partial charge in [-0.1, -0.05) is 46.6 Å². The molecule has 0 saturated carbocycles. The van der Waals surface area contributed by atoms with Gasteiger partial charge in [-0.15, -0.1) is 0 Å². The first kappa shape index (κ1) is 51.2. The van der Waals surface area contributed by atoms with E-state index in [0.717, 1.165) is 31.3 Å². The second-order valence-electron chi connectivity index (χ2n) is 19.8. The highest BCUT2D eigenvalue weighted by Crippen LogP contribution is 2.49. The van der Waals surface area contributed by atoms with Gasteiger partial charge in [0, 0.05) is 41.6 Å². The molecule has 4 heterocycles. The molecule has 15 nitrogen and oxygen atoms in total. The molecular weight excluding hydrogens is 879 g/mol. The lowest BCUT2D eigenvalue weighted by Crippen LogP contribution is -2.52. The number of hydrogen-bond donors (Lipinski definition) is 5. The monoisotopic (exact) mass is 947 g/mol. The van der Waals surface area contributed by atoms with E-state index in [2.05, 4.69) is 45.1 Å². The normalized spacial score (nSPS) is 22.9. The molecule has 0 aliphatic carbocycles. The fourth-order valence-electron chi connectivity index (χ4n) is 9.68. The summed E-state index contributed by atoms with van der Waals surface area (Å²) in [6.45, 7) is 16.0. The molecule has 6 N–H and O–H groups in total. The van der Waals surface area contributed by atoms with E-state index < -0.39 is 51.6 Å². The quantitative estimate of drug-likeness (QED) is 0.0792. The van der Waals surface area contributed by atoms with Gasteiger partial charge in [-0.3, -0.25) is 13.8 Å². The van der Waals surface area contributed by atoms with Crippen molar-refractivity contribution < 1.29 is 56.9 Å². The van der Waals surface area contributed by atoms with E-state index in [4.69, 9.17) is 18.8 Å². The summed E-state index contributed by atoms with van der Waals surface area (Å²) in [5, 5.41) is 49.4. The molecule has 0 radical (unpaired) electrons. The third-order valence-electron chi connectivity index (χ3n) is 13.7. The number of carbonyl (C=O) groups is 3. The maximum absolute atomic E-state index is 14.0. The largest absolute Gasteiger partial charge is 0.508 e. The SMILES string of the molecule is CC(C)=CCC/C(C)=C/CC[C@@]1(C)Oc2c(c(O)cc3c2CN(C(CCCN2Cc4c(cc(O)c5c4O[C@](C)(CC/C=C(\C)CCC=C(C)C)[C@@H](O)C5)C2=O)C(=O)O)C3=O)C[C@@H]1OS(N)(=O)=O. The fourth-order valence-corrected chi connectivity index (χ4v) is 10.3. The smallest absolute Gasteiger partial charge is 0.333 e. The van der Waals surface area contributed by atoms with E-state index in [-0.39, 0.29) is 85.2 Å². The number of carboxylic acid groups (broad SMARTS) is 1. The number of carboxylic acids is 1. The van der Waals surface area contributed by atoms with Gasteiger partial charge in [-0.25, -0.2) is 9.93 Å². The van der Waals surface area contributed by atoms with Crippen LogP contribution in [-0.2, 0) is 45.2 Å². The highest BCUT2D eigenvalue weighted by molar-refractivity contribution is 7.84. The number of aliphatic hydroxyl groups excluding tert-OH is 1. The van der Waals surface area contributed by atoms with Crippen LogP contribution in [0.3, 0.4) is 0 Å². The van der Waals surface area contributed by atoms with E-state index in [1.807, 2.05) is 27.7 Å². The third kappa shape index (κ3) is 11.8. The van der Waals surface area contributed by atoms with Crippen molar-refractivity contribution >= 4 is 28.1 Å². The van der Waals surface area contributed by atoms with Crippen LogP contribution >= 0.6 is 0 Å². The van der Waals surface area contributed by atoms with Gasteiger partial charge < -0.3 is 39.7 Å². The number of allylic oxidation sites excluding steroid dienone is 8. The van der Waals surface area contributed by atoms with Gasteiger partial charge in [0.15, 0.2) is 0 Å². The van der Waals surface area contributed by atoms with Gasteiger partial charge in [0.2, 0.25) is 0 Å². The Bertz CT molecular complexity index is 2500. The van der Waals surface area contributed by atoms with Gasteiger partial charge in [0.05, 0.1) is 30.3 Å². The van der Waals surface area contributed by atoms with Crippen LogP contribution in [0.5, 0.6) is 23.0 Å². The van der Waals surface area contributed by atoms with Crippen LogP contribution < -0.4 is 14.6 Å². The fraction of sp³-hybridized carbons (Fsp3) is 0.549. The number of fused-ring (bicyclic) bond motifs is 6. The molecule has 0 fully saturated rings. The van der Waals surface area contributed by atoms with Gasteiger partial charge in [0.25, 0.3) is 11.8 Å². The third-order valence-corrected chi connectivity index (χ3v) is 14.2. The number of hydrogen-bond acceptors (Lipinski definition) is 11. The number of ether oxygens (including phenoxy) is 2. The molecule has 4 aliphatic heterocycles. The maximum atomic E-state index is 14.0. The maximum Gasteiger partial charge on any atom is 0.333 e. The second-order valence-corrected chi connectivity index (χ2v) is 20.9. The predicted molar refractivity (Wildman–Crippen MR) is 254 cm³/mol. The summed E-state index contributed by atoms with van der Waals surface area (Å²) in [6.07, 6.45) is 12.4. The Hall–Kier alpha value is -5.16. The molecule has 16 heteroatoms. The van der Waals surface area contributed by atoms with Crippen LogP contribution in [0.2, 0.25) is 0 Å². The molecule has 0 spiro atoms. The number of nitrogens with two attached hydrogens (primary N) is 1. The van der Waals surface area contributed by atoms with Crippen molar-refractivity contribution in [3.63, 3.8) is 0 Å². The highest BCUT2D eigenvalue weighted by atomic mass is 32.2. The van der Waals surface area contributed by atoms with Crippen molar-refractivity contribution in [1.82, 2.24) is 9.80 Å². The summed E-state index contributed by atoms with van der Waals surface area (Å²) in [5.41, 5.74) is 4.62. The van der Waals surface area contributed by atoms with Crippen LogP contribution in [-0.4, -0.2) is 92.4 Å². The van der Waals surface area contributed by atoms with Crippen molar-refractivity contribution in [1.29, 1.82) is 0 Å². The molecule has 0 saturated heterocycles. The van der Waals surface area contributed by atoms with E-state index in [1.165, 1.54) is 33.8 Å². The zero-order valence-corrected chi connectivity index (χ0v) is 41.1. The highest BCUT2D eigenvalue weighted by Gasteiger charge is 2.49. The van der Waals surface area contributed by atoms with E-state index in [1.54, 1.807) is 11.8 Å². The standard InChI is InChI=1S/C51H69N3O12S/c1-30(2)14-9-16-32(5)18-11-21-50(7)43(57)26-36-41(55)24-34-38(45(36)64-50)28-53(47(34)58)23-13-20-40(49(60)61)54-29-39-35(48(54)59)25-42(56)37-27-44(66-67(52,62)63)51(8,65-46(37)39)22-12-19-33(6)17-10-15-31(3)4/h14-15,18-19,24-25,40,43-44,55-57H,9-13,16-17,20-23,26-29H2,1-8H3,(H,60,61)(H2,52,62,63)/b32-18+,33-19+/t40?,43-,44-,50+,51+/m0/s1. The number of phenolic OH excluding ortho intramolecular Hbond substituents is 2. The van der Waals surface area contributed by atoms with Crippen molar-refractivity contribution in [3.8, 4) is 23.0 Å². The van der Waals surface area contributed by atoms with Crippen LogP contribution in [0.15, 0.2) is 58.7 Å². The zero-order valence-electron chi connectivity index (χ0n) is 40.2.